The summed E-state index contributed by atoms with van der Waals surface area (Å²) in [5.74, 6) is 0. The number of hydrogen-bond donors (Lipinski definition) is 1. The highest BCUT2D eigenvalue weighted by Crippen LogP contribution is 2.20. The van der Waals surface area contributed by atoms with Gasteiger partial charge in [-0.1, -0.05) is 6.07 Å². The SMILES string of the molecule is Cc1ccnc2ccc(C(C)N)cc12. The van der Waals surface area contributed by atoms with Gasteiger partial charge in [0.05, 0.1) is 5.52 Å². The molecule has 1 aromatic heterocycles. The van der Waals surface area contributed by atoms with Gasteiger partial charge in [-0.25, -0.2) is 0 Å². The van der Waals surface area contributed by atoms with Crippen LogP contribution in [0.2, 0.25) is 0 Å². The minimum absolute atomic E-state index is 0.0824. The molecule has 0 fully saturated rings. The lowest BCUT2D eigenvalue weighted by atomic mass is 10.0. The molecule has 1 atom stereocenters. The summed E-state index contributed by atoms with van der Waals surface area (Å²) < 4.78 is 0. The maximum atomic E-state index is 5.83. The van der Waals surface area contributed by atoms with Crippen LogP contribution in [0.3, 0.4) is 0 Å². The first-order valence-corrected chi connectivity index (χ1v) is 4.79. The molecule has 2 N–H and O–H groups in total. The summed E-state index contributed by atoms with van der Waals surface area (Å²) in [6.07, 6.45) is 1.84. The second-order valence-corrected chi connectivity index (χ2v) is 3.69. The first-order chi connectivity index (χ1) is 6.68. The quantitative estimate of drug-likeness (QED) is 0.743. The summed E-state index contributed by atoms with van der Waals surface area (Å²) in [4.78, 5) is 4.30. The summed E-state index contributed by atoms with van der Waals surface area (Å²) in [5.41, 5.74) is 9.28. The molecule has 0 aliphatic carbocycles. The van der Waals surface area contributed by atoms with Gasteiger partial charge in [-0.15, -0.1) is 0 Å². The first-order valence-electron chi connectivity index (χ1n) is 4.79. The summed E-state index contributed by atoms with van der Waals surface area (Å²) in [6.45, 7) is 4.09. The lowest BCUT2D eigenvalue weighted by Crippen LogP contribution is -2.04. The molecular weight excluding hydrogens is 172 g/mol. The van der Waals surface area contributed by atoms with E-state index in [1.807, 2.05) is 31.3 Å². The molecule has 1 unspecified atom stereocenters. The predicted molar refractivity (Wildman–Crippen MR) is 59.1 cm³/mol. The molecule has 1 heterocycles. The van der Waals surface area contributed by atoms with Crippen LogP contribution in [0.1, 0.15) is 24.1 Å². The number of aryl methyl sites for hydroxylation is 1. The van der Waals surface area contributed by atoms with Gasteiger partial charge in [-0.3, -0.25) is 4.98 Å². The largest absolute Gasteiger partial charge is 0.324 e. The number of hydrogen-bond acceptors (Lipinski definition) is 2. The lowest BCUT2D eigenvalue weighted by Gasteiger charge is -2.07. The van der Waals surface area contributed by atoms with Crippen molar-refractivity contribution < 1.29 is 0 Å². The van der Waals surface area contributed by atoms with Crippen LogP contribution in [-0.4, -0.2) is 4.98 Å². The lowest BCUT2D eigenvalue weighted by molar-refractivity contribution is 0.820. The molecule has 2 heteroatoms. The summed E-state index contributed by atoms with van der Waals surface area (Å²) in [5, 5.41) is 1.20. The Hall–Kier alpha value is -1.41. The Labute approximate surface area is 83.8 Å². The molecule has 0 bridgehead atoms. The first kappa shape index (κ1) is 9.16. The third kappa shape index (κ3) is 1.49. The number of rotatable bonds is 1. The highest BCUT2D eigenvalue weighted by atomic mass is 14.6. The number of pyridine rings is 1. The van der Waals surface area contributed by atoms with Crippen LogP contribution in [-0.2, 0) is 0 Å². The van der Waals surface area contributed by atoms with Crippen molar-refractivity contribution in [3.05, 3.63) is 41.6 Å². The van der Waals surface area contributed by atoms with Gasteiger partial charge >= 0.3 is 0 Å². The van der Waals surface area contributed by atoms with Crippen molar-refractivity contribution in [1.82, 2.24) is 4.98 Å². The van der Waals surface area contributed by atoms with Gasteiger partial charge in [0.25, 0.3) is 0 Å². The number of fused-ring (bicyclic) bond motifs is 1. The molecule has 0 saturated heterocycles. The fraction of sp³-hybridized carbons (Fsp3) is 0.250. The van der Waals surface area contributed by atoms with E-state index >= 15 is 0 Å². The molecule has 1 aromatic carbocycles. The molecule has 2 nitrogen and oxygen atoms in total. The van der Waals surface area contributed by atoms with E-state index in [1.165, 1.54) is 10.9 Å². The normalized spacial score (nSPS) is 13.1. The zero-order valence-electron chi connectivity index (χ0n) is 8.49. The Morgan fingerprint density at radius 3 is 2.79 bits per heavy atom. The van der Waals surface area contributed by atoms with Crippen LogP contribution >= 0.6 is 0 Å². The van der Waals surface area contributed by atoms with Crippen molar-refractivity contribution in [2.45, 2.75) is 19.9 Å². The molecule has 0 aliphatic heterocycles. The third-order valence-electron chi connectivity index (χ3n) is 2.51. The molecule has 72 valence electrons. The van der Waals surface area contributed by atoms with Crippen LogP contribution in [0.25, 0.3) is 10.9 Å². The van der Waals surface area contributed by atoms with Crippen molar-refractivity contribution in [3.63, 3.8) is 0 Å². The van der Waals surface area contributed by atoms with Crippen molar-refractivity contribution in [2.24, 2.45) is 5.73 Å². The van der Waals surface area contributed by atoms with E-state index in [9.17, 15) is 0 Å². The van der Waals surface area contributed by atoms with Gasteiger partial charge in [0.1, 0.15) is 0 Å². The van der Waals surface area contributed by atoms with Crippen molar-refractivity contribution >= 4 is 10.9 Å². The molecule has 14 heavy (non-hydrogen) atoms. The van der Waals surface area contributed by atoms with Crippen LogP contribution in [0.5, 0.6) is 0 Å². The number of aromatic nitrogens is 1. The molecule has 0 amide bonds. The van der Waals surface area contributed by atoms with Crippen molar-refractivity contribution in [1.29, 1.82) is 0 Å². The van der Waals surface area contributed by atoms with E-state index in [4.69, 9.17) is 5.73 Å². The second kappa shape index (κ2) is 3.39. The minimum Gasteiger partial charge on any atom is -0.324 e. The molecule has 0 aliphatic rings. The Balaban J connectivity index is 2.70. The topological polar surface area (TPSA) is 38.9 Å². The minimum atomic E-state index is 0.0824. The summed E-state index contributed by atoms with van der Waals surface area (Å²) in [6, 6.07) is 8.30. The molecule has 2 aromatic rings. The van der Waals surface area contributed by atoms with Gasteiger partial charge in [0.15, 0.2) is 0 Å². The van der Waals surface area contributed by atoms with Crippen LogP contribution in [0.15, 0.2) is 30.5 Å². The standard InChI is InChI=1S/C12H14N2/c1-8-5-6-14-12-4-3-10(9(2)13)7-11(8)12/h3-7,9H,13H2,1-2H3. The monoisotopic (exact) mass is 186 g/mol. The van der Waals surface area contributed by atoms with E-state index in [0.717, 1.165) is 11.1 Å². The Morgan fingerprint density at radius 1 is 1.29 bits per heavy atom. The van der Waals surface area contributed by atoms with E-state index in [2.05, 4.69) is 18.0 Å². The Kier molecular flexibility index (Phi) is 2.22. The van der Waals surface area contributed by atoms with Crippen molar-refractivity contribution in [2.75, 3.05) is 0 Å². The van der Waals surface area contributed by atoms with E-state index in [1.54, 1.807) is 0 Å². The zero-order chi connectivity index (χ0) is 10.1. The third-order valence-corrected chi connectivity index (χ3v) is 2.51. The van der Waals surface area contributed by atoms with Crippen LogP contribution in [0, 0.1) is 6.92 Å². The van der Waals surface area contributed by atoms with Gasteiger partial charge in [0, 0.05) is 17.6 Å². The maximum Gasteiger partial charge on any atom is 0.0704 e. The fourth-order valence-corrected chi connectivity index (χ4v) is 1.58. The number of benzene rings is 1. The highest BCUT2D eigenvalue weighted by Gasteiger charge is 2.02. The molecule has 0 radical (unpaired) electrons. The average Bonchev–Trinajstić information content (AvgIpc) is 2.18. The van der Waals surface area contributed by atoms with Gasteiger partial charge in [-0.2, -0.15) is 0 Å². The highest BCUT2D eigenvalue weighted by molar-refractivity contribution is 5.82. The van der Waals surface area contributed by atoms with Crippen molar-refractivity contribution in [3.8, 4) is 0 Å². The zero-order valence-corrected chi connectivity index (χ0v) is 8.49. The second-order valence-electron chi connectivity index (χ2n) is 3.69. The van der Waals surface area contributed by atoms with Crippen LogP contribution in [0.4, 0.5) is 0 Å². The molecule has 0 spiro atoms. The van der Waals surface area contributed by atoms with E-state index in [0.29, 0.717) is 0 Å². The Morgan fingerprint density at radius 2 is 2.07 bits per heavy atom. The van der Waals surface area contributed by atoms with Gasteiger partial charge in [-0.05, 0) is 43.2 Å². The summed E-state index contributed by atoms with van der Waals surface area (Å²) >= 11 is 0. The van der Waals surface area contributed by atoms with E-state index in [-0.39, 0.29) is 6.04 Å². The number of nitrogens with two attached hydrogens (primary N) is 1. The Bertz CT molecular complexity index is 461. The molecule has 2 rings (SSSR count). The predicted octanol–water partition coefficient (Wildman–Crippen LogP) is 2.56. The summed E-state index contributed by atoms with van der Waals surface area (Å²) in [7, 11) is 0. The van der Waals surface area contributed by atoms with E-state index < -0.39 is 0 Å². The average molecular weight is 186 g/mol. The number of nitrogens with zero attached hydrogens (tertiary/aromatic N) is 1. The van der Waals surface area contributed by atoms with Gasteiger partial charge < -0.3 is 5.73 Å². The molecular formula is C12H14N2. The molecule has 0 saturated carbocycles. The van der Waals surface area contributed by atoms with Gasteiger partial charge in [0.2, 0.25) is 0 Å². The smallest absolute Gasteiger partial charge is 0.0704 e. The maximum absolute atomic E-state index is 5.83. The van der Waals surface area contributed by atoms with Crippen LogP contribution < -0.4 is 5.73 Å². The fourth-order valence-electron chi connectivity index (χ4n) is 1.58.